The van der Waals surface area contributed by atoms with E-state index in [1.807, 2.05) is 0 Å². The minimum absolute atomic E-state index is 0.0668. The number of alkyl halides is 1. The van der Waals surface area contributed by atoms with Gasteiger partial charge in [0.1, 0.15) is 11.6 Å². The average Bonchev–Trinajstić information content (AvgIpc) is 3.19. The molecule has 1 saturated carbocycles. The number of rotatable bonds is 3. The van der Waals surface area contributed by atoms with Crippen LogP contribution in [0.4, 0.5) is 13.2 Å². The molecule has 3 rings (SSSR count). The van der Waals surface area contributed by atoms with Gasteiger partial charge in [0.15, 0.2) is 6.17 Å². The van der Waals surface area contributed by atoms with E-state index in [4.69, 9.17) is 10.8 Å². The molecule has 0 heterocycles. The third-order valence-corrected chi connectivity index (χ3v) is 5.32. The Kier molecular flexibility index (Phi) is 4.06. The summed E-state index contributed by atoms with van der Waals surface area (Å²) in [6.07, 6.45) is -0.377. The molecule has 0 amide bonds. The Morgan fingerprint density at radius 2 is 1.84 bits per heavy atom. The fourth-order valence-electron chi connectivity index (χ4n) is 3.79. The highest BCUT2D eigenvalue weighted by Crippen LogP contribution is 2.52. The van der Waals surface area contributed by atoms with Gasteiger partial charge in [0, 0.05) is 11.5 Å². The predicted octanol–water partition coefficient (Wildman–Crippen LogP) is 3.84. The first-order valence-corrected chi connectivity index (χ1v) is 8.12. The molecular formula is C19H20F3NO2. The number of carboxylic acid groups (broad SMARTS) is 1. The van der Waals surface area contributed by atoms with E-state index in [2.05, 4.69) is 0 Å². The minimum Gasteiger partial charge on any atom is -0.481 e. The fourth-order valence-corrected chi connectivity index (χ4v) is 3.79. The van der Waals surface area contributed by atoms with Crippen LogP contribution >= 0.6 is 0 Å². The summed E-state index contributed by atoms with van der Waals surface area (Å²) in [6.45, 7) is 4.96. The number of carbonyl (C=O) groups is 1. The van der Waals surface area contributed by atoms with E-state index in [0.29, 0.717) is 22.3 Å². The lowest BCUT2D eigenvalue weighted by molar-refractivity contribution is -0.138. The van der Waals surface area contributed by atoms with Crippen molar-refractivity contribution in [1.82, 2.24) is 0 Å². The molecule has 0 spiro atoms. The molecule has 1 aromatic rings. The Bertz CT molecular complexity index is 807. The van der Waals surface area contributed by atoms with Crippen molar-refractivity contribution in [2.24, 2.45) is 17.6 Å². The summed E-state index contributed by atoms with van der Waals surface area (Å²) < 4.78 is 42.8. The molecule has 0 aliphatic heterocycles. The standard InChI is InChI=1S/C19H20F3NO2/c1-8-4-11(20)5-9(2)15(8)12-6-13(17(22)16(21)10(12)3)19(23)7-14(19)18(24)25/h4-6,10,14,16H,7,23H2,1-3H3,(H,24,25)/t10?,14-,16?,19?/m1/s1. The highest BCUT2D eigenvalue weighted by molar-refractivity contribution is 5.82. The molecule has 4 atom stereocenters. The van der Waals surface area contributed by atoms with Crippen molar-refractivity contribution >= 4 is 11.5 Å². The Morgan fingerprint density at radius 1 is 1.28 bits per heavy atom. The van der Waals surface area contributed by atoms with Crippen LogP contribution < -0.4 is 5.73 Å². The Balaban J connectivity index is 2.15. The number of carboxylic acids is 1. The number of hydrogen-bond donors (Lipinski definition) is 2. The van der Waals surface area contributed by atoms with Crippen molar-refractivity contribution in [3.05, 3.63) is 52.1 Å². The second-order valence-corrected chi connectivity index (χ2v) is 7.10. The summed E-state index contributed by atoms with van der Waals surface area (Å²) in [5, 5.41) is 9.14. The summed E-state index contributed by atoms with van der Waals surface area (Å²) in [5.41, 5.74) is 6.95. The van der Waals surface area contributed by atoms with Gasteiger partial charge in [0.2, 0.25) is 0 Å². The van der Waals surface area contributed by atoms with E-state index in [0.717, 1.165) is 0 Å². The van der Waals surface area contributed by atoms with E-state index in [-0.39, 0.29) is 12.0 Å². The fraction of sp³-hybridized carbons (Fsp3) is 0.421. The highest BCUT2D eigenvalue weighted by Gasteiger charge is 2.60. The molecule has 0 radical (unpaired) electrons. The third-order valence-electron chi connectivity index (χ3n) is 5.32. The van der Waals surface area contributed by atoms with Crippen LogP contribution in [0.25, 0.3) is 5.57 Å². The Morgan fingerprint density at radius 3 is 2.32 bits per heavy atom. The van der Waals surface area contributed by atoms with Gasteiger partial charge in [0.05, 0.1) is 11.5 Å². The van der Waals surface area contributed by atoms with Crippen LogP contribution in [0, 0.1) is 31.5 Å². The van der Waals surface area contributed by atoms with E-state index in [1.165, 1.54) is 18.2 Å². The summed E-state index contributed by atoms with van der Waals surface area (Å²) in [7, 11) is 0. The van der Waals surface area contributed by atoms with Crippen molar-refractivity contribution in [2.75, 3.05) is 0 Å². The van der Waals surface area contributed by atoms with Gasteiger partial charge in [-0.2, -0.15) is 0 Å². The van der Waals surface area contributed by atoms with Gasteiger partial charge in [0.25, 0.3) is 0 Å². The van der Waals surface area contributed by atoms with Crippen LogP contribution in [0.1, 0.15) is 30.0 Å². The number of hydrogen-bond acceptors (Lipinski definition) is 2. The van der Waals surface area contributed by atoms with Crippen LogP contribution in [0.15, 0.2) is 29.6 Å². The lowest BCUT2D eigenvalue weighted by Crippen LogP contribution is -2.34. The number of nitrogens with two attached hydrogens (primary N) is 1. The maximum Gasteiger partial charge on any atom is 0.308 e. The SMILES string of the molecule is Cc1cc(F)cc(C)c1C1=CC(C2(N)C[C@@H]2C(=O)O)=C(F)C(F)C1C. The smallest absolute Gasteiger partial charge is 0.308 e. The zero-order valence-electron chi connectivity index (χ0n) is 14.2. The van der Waals surface area contributed by atoms with Crippen molar-refractivity contribution < 1.29 is 23.1 Å². The summed E-state index contributed by atoms with van der Waals surface area (Å²) in [6, 6.07) is 2.68. The average molecular weight is 351 g/mol. The van der Waals surface area contributed by atoms with Gasteiger partial charge < -0.3 is 10.8 Å². The van der Waals surface area contributed by atoms with Crippen LogP contribution in [-0.4, -0.2) is 22.8 Å². The lowest BCUT2D eigenvalue weighted by atomic mass is 9.78. The number of halogens is 3. The second-order valence-electron chi connectivity index (χ2n) is 7.10. The maximum absolute atomic E-state index is 14.6. The molecule has 0 saturated heterocycles. The summed E-state index contributed by atoms with van der Waals surface area (Å²) in [4.78, 5) is 11.2. The first-order valence-electron chi connectivity index (χ1n) is 8.12. The molecule has 3 N–H and O–H groups in total. The van der Waals surface area contributed by atoms with E-state index in [9.17, 15) is 18.0 Å². The van der Waals surface area contributed by atoms with Gasteiger partial charge in [-0.1, -0.05) is 13.0 Å². The van der Waals surface area contributed by atoms with Crippen LogP contribution in [0.5, 0.6) is 0 Å². The maximum atomic E-state index is 14.6. The number of benzene rings is 1. The topological polar surface area (TPSA) is 63.3 Å². The first kappa shape index (κ1) is 17.7. The summed E-state index contributed by atoms with van der Waals surface area (Å²) in [5.74, 6) is -4.23. The molecule has 3 nitrogen and oxygen atoms in total. The molecule has 6 heteroatoms. The van der Waals surface area contributed by atoms with Gasteiger partial charge in [-0.15, -0.1) is 0 Å². The van der Waals surface area contributed by atoms with Crippen LogP contribution in [0.3, 0.4) is 0 Å². The Hall–Kier alpha value is -2.08. The molecular weight excluding hydrogens is 331 g/mol. The number of allylic oxidation sites excluding steroid dienone is 2. The number of aliphatic carboxylic acids is 1. The molecule has 134 valence electrons. The van der Waals surface area contributed by atoms with Crippen LogP contribution in [0.2, 0.25) is 0 Å². The molecule has 3 unspecified atom stereocenters. The van der Waals surface area contributed by atoms with E-state index in [1.54, 1.807) is 20.8 Å². The predicted molar refractivity (Wildman–Crippen MR) is 88.7 cm³/mol. The highest BCUT2D eigenvalue weighted by atomic mass is 19.2. The number of aryl methyl sites for hydroxylation is 2. The molecule has 0 bridgehead atoms. The molecule has 25 heavy (non-hydrogen) atoms. The molecule has 2 aliphatic rings. The monoisotopic (exact) mass is 351 g/mol. The first-order chi connectivity index (χ1) is 11.6. The molecule has 1 fully saturated rings. The minimum atomic E-state index is -1.91. The largest absolute Gasteiger partial charge is 0.481 e. The normalized spacial score (nSPS) is 31.8. The molecule has 1 aromatic carbocycles. The van der Waals surface area contributed by atoms with Crippen molar-refractivity contribution in [2.45, 2.75) is 38.9 Å². The molecule has 2 aliphatic carbocycles. The van der Waals surface area contributed by atoms with Crippen molar-refractivity contribution in [1.29, 1.82) is 0 Å². The van der Waals surface area contributed by atoms with E-state index < -0.39 is 41.2 Å². The zero-order valence-corrected chi connectivity index (χ0v) is 14.2. The van der Waals surface area contributed by atoms with Crippen molar-refractivity contribution in [3.8, 4) is 0 Å². The van der Waals surface area contributed by atoms with Gasteiger partial charge in [-0.25, -0.2) is 13.2 Å². The van der Waals surface area contributed by atoms with Gasteiger partial charge in [-0.05, 0) is 54.7 Å². The lowest BCUT2D eigenvalue weighted by Gasteiger charge is -2.30. The second kappa shape index (κ2) is 5.73. The van der Waals surface area contributed by atoms with Crippen molar-refractivity contribution in [3.63, 3.8) is 0 Å². The van der Waals surface area contributed by atoms with Gasteiger partial charge >= 0.3 is 5.97 Å². The Labute approximate surface area is 144 Å². The molecule has 0 aromatic heterocycles. The quantitative estimate of drug-likeness (QED) is 0.870. The third kappa shape index (κ3) is 2.68. The van der Waals surface area contributed by atoms with Gasteiger partial charge in [-0.3, -0.25) is 4.79 Å². The van der Waals surface area contributed by atoms with Crippen LogP contribution in [-0.2, 0) is 4.79 Å². The zero-order chi connectivity index (χ0) is 18.7. The van der Waals surface area contributed by atoms with E-state index >= 15 is 0 Å². The summed E-state index contributed by atoms with van der Waals surface area (Å²) >= 11 is 0.